The molecule has 0 saturated heterocycles. The van der Waals surface area contributed by atoms with Gasteiger partial charge in [0.15, 0.2) is 0 Å². The number of ether oxygens (including phenoxy) is 1. The number of esters is 1. The third-order valence-corrected chi connectivity index (χ3v) is 4.79. The van der Waals surface area contributed by atoms with Crippen LogP contribution in [-0.4, -0.2) is 28.9 Å². The summed E-state index contributed by atoms with van der Waals surface area (Å²) < 4.78 is 6.73. The fraction of sp³-hybridized carbons (Fsp3) is 0.0435. The summed E-state index contributed by atoms with van der Waals surface area (Å²) in [6.07, 6.45) is 4.24. The van der Waals surface area contributed by atoms with E-state index in [1.54, 1.807) is 36.5 Å². The number of carbonyl (C=O) groups excluding carboxylic acids is 2. The number of anilines is 1. The Morgan fingerprint density at radius 1 is 1.10 bits per heavy atom. The predicted octanol–water partition coefficient (Wildman–Crippen LogP) is 3.89. The number of nitrogens with zero attached hydrogens (tertiary/aromatic N) is 3. The number of nitrogens with one attached hydrogen (secondary N) is 1. The molecule has 0 spiro atoms. The average molecular weight is 396 g/mol. The maximum atomic E-state index is 11.9. The van der Waals surface area contributed by atoms with Gasteiger partial charge in [-0.15, -0.1) is 0 Å². The number of rotatable bonds is 5. The highest BCUT2D eigenvalue weighted by Crippen LogP contribution is 2.28. The summed E-state index contributed by atoms with van der Waals surface area (Å²) in [4.78, 5) is 27.4. The van der Waals surface area contributed by atoms with E-state index in [2.05, 4.69) is 16.4 Å². The van der Waals surface area contributed by atoms with Gasteiger partial charge in [0.2, 0.25) is 6.41 Å². The van der Waals surface area contributed by atoms with Crippen molar-refractivity contribution in [2.45, 2.75) is 0 Å². The van der Waals surface area contributed by atoms with Crippen LogP contribution in [0.3, 0.4) is 0 Å². The Bertz CT molecular complexity index is 1300. The van der Waals surface area contributed by atoms with Crippen molar-refractivity contribution in [2.24, 2.45) is 0 Å². The Morgan fingerprint density at radius 2 is 1.83 bits per heavy atom. The minimum Gasteiger partial charge on any atom is -0.465 e. The van der Waals surface area contributed by atoms with Gasteiger partial charge in [0.25, 0.3) is 0 Å². The zero-order chi connectivity index (χ0) is 21.1. The Kier molecular flexibility index (Phi) is 4.97. The molecule has 2 aromatic carbocycles. The number of nitriles is 1. The normalized spacial score (nSPS) is 10.4. The Morgan fingerprint density at radius 3 is 2.53 bits per heavy atom. The predicted molar refractivity (Wildman–Crippen MR) is 112 cm³/mol. The lowest BCUT2D eigenvalue weighted by molar-refractivity contribution is -0.105. The number of hydrogen-bond donors (Lipinski definition) is 1. The standard InChI is InChI=1S/C23H16N4O3/c1-30-23(29)19-8-6-17(10-20(19)26-14-28)18-7-9-22-25-12-21(27(22)13-18)16-4-2-15(11-24)3-5-16/h2-10,12-14H,1H3,(H,26,28). The van der Waals surface area contributed by atoms with Crippen molar-refractivity contribution in [2.75, 3.05) is 12.4 Å². The van der Waals surface area contributed by atoms with E-state index in [9.17, 15) is 9.59 Å². The highest BCUT2D eigenvalue weighted by atomic mass is 16.5. The van der Waals surface area contributed by atoms with E-state index in [0.29, 0.717) is 17.7 Å². The Hall–Kier alpha value is -4.44. The molecule has 0 bridgehead atoms. The van der Waals surface area contributed by atoms with E-state index in [1.807, 2.05) is 34.9 Å². The number of imidazole rings is 1. The van der Waals surface area contributed by atoms with Gasteiger partial charge in [-0.3, -0.25) is 9.20 Å². The van der Waals surface area contributed by atoms with Gasteiger partial charge < -0.3 is 10.1 Å². The molecule has 0 aliphatic heterocycles. The van der Waals surface area contributed by atoms with Crippen molar-refractivity contribution in [3.8, 4) is 28.5 Å². The quantitative estimate of drug-likeness (QED) is 0.408. The molecular formula is C23H16N4O3. The molecule has 7 heteroatoms. The van der Waals surface area contributed by atoms with E-state index in [4.69, 9.17) is 10.00 Å². The van der Waals surface area contributed by atoms with Crippen LogP contribution in [0.15, 0.2) is 67.0 Å². The maximum absolute atomic E-state index is 11.9. The van der Waals surface area contributed by atoms with Crippen LogP contribution in [0.4, 0.5) is 5.69 Å². The first kappa shape index (κ1) is 18.9. The van der Waals surface area contributed by atoms with Crippen LogP contribution < -0.4 is 5.32 Å². The van der Waals surface area contributed by atoms with Gasteiger partial charge in [-0.25, -0.2) is 9.78 Å². The largest absolute Gasteiger partial charge is 0.465 e. The van der Waals surface area contributed by atoms with Gasteiger partial charge in [-0.05, 0) is 47.5 Å². The highest BCUT2D eigenvalue weighted by molar-refractivity contribution is 5.99. The molecule has 2 heterocycles. The summed E-state index contributed by atoms with van der Waals surface area (Å²) in [5.41, 5.74) is 5.51. The van der Waals surface area contributed by atoms with E-state index < -0.39 is 5.97 Å². The number of pyridine rings is 1. The SMILES string of the molecule is COC(=O)c1ccc(-c2ccc3ncc(-c4ccc(C#N)cc4)n3c2)cc1NC=O. The first-order valence-electron chi connectivity index (χ1n) is 9.05. The van der Waals surface area contributed by atoms with Crippen molar-refractivity contribution in [1.29, 1.82) is 5.26 Å². The monoisotopic (exact) mass is 396 g/mol. The summed E-state index contributed by atoms with van der Waals surface area (Å²) in [5, 5.41) is 11.6. The number of methoxy groups -OCH3 is 1. The molecule has 1 amide bonds. The second kappa shape index (κ2) is 7.89. The molecule has 4 rings (SSSR count). The fourth-order valence-electron chi connectivity index (χ4n) is 3.28. The highest BCUT2D eigenvalue weighted by Gasteiger charge is 2.14. The summed E-state index contributed by atoms with van der Waals surface area (Å²) >= 11 is 0. The number of amides is 1. The van der Waals surface area contributed by atoms with E-state index in [1.165, 1.54) is 7.11 Å². The fourth-order valence-corrected chi connectivity index (χ4v) is 3.28. The van der Waals surface area contributed by atoms with Crippen LogP contribution in [-0.2, 0) is 9.53 Å². The third kappa shape index (κ3) is 3.38. The summed E-state index contributed by atoms with van der Waals surface area (Å²) in [6.45, 7) is 0. The lowest BCUT2D eigenvalue weighted by Crippen LogP contribution is -2.07. The van der Waals surface area contributed by atoms with Crippen molar-refractivity contribution >= 4 is 23.7 Å². The topological polar surface area (TPSA) is 96.5 Å². The summed E-state index contributed by atoms with van der Waals surface area (Å²) in [6, 6.07) is 18.4. The number of fused-ring (bicyclic) bond motifs is 1. The van der Waals surface area contributed by atoms with E-state index in [0.717, 1.165) is 28.0 Å². The van der Waals surface area contributed by atoms with E-state index >= 15 is 0 Å². The minimum atomic E-state index is -0.529. The molecule has 0 fully saturated rings. The van der Waals surface area contributed by atoms with Crippen molar-refractivity contribution in [3.63, 3.8) is 0 Å². The van der Waals surface area contributed by atoms with Gasteiger partial charge >= 0.3 is 5.97 Å². The van der Waals surface area contributed by atoms with Crippen LogP contribution in [0.1, 0.15) is 15.9 Å². The van der Waals surface area contributed by atoms with Gasteiger partial charge in [-0.2, -0.15) is 5.26 Å². The zero-order valence-electron chi connectivity index (χ0n) is 16.0. The lowest BCUT2D eigenvalue weighted by atomic mass is 10.0. The molecule has 0 saturated carbocycles. The molecule has 2 aromatic heterocycles. The number of aromatic nitrogens is 2. The molecule has 0 aliphatic rings. The average Bonchev–Trinajstić information content (AvgIpc) is 3.22. The summed E-state index contributed by atoms with van der Waals surface area (Å²) in [5.74, 6) is -0.529. The lowest BCUT2D eigenvalue weighted by Gasteiger charge is -2.10. The third-order valence-electron chi connectivity index (χ3n) is 4.79. The van der Waals surface area contributed by atoms with Gasteiger partial charge in [0.05, 0.1) is 41.9 Å². The molecule has 30 heavy (non-hydrogen) atoms. The molecule has 0 radical (unpaired) electrons. The first-order valence-corrected chi connectivity index (χ1v) is 9.05. The van der Waals surface area contributed by atoms with Crippen molar-refractivity contribution < 1.29 is 14.3 Å². The molecule has 0 aliphatic carbocycles. The maximum Gasteiger partial charge on any atom is 0.339 e. The minimum absolute atomic E-state index is 0.273. The second-order valence-electron chi connectivity index (χ2n) is 6.49. The number of hydrogen-bond acceptors (Lipinski definition) is 5. The smallest absolute Gasteiger partial charge is 0.339 e. The summed E-state index contributed by atoms with van der Waals surface area (Å²) in [7, 11) is 1.29. The molecular weight excluding hydrogens is 380 g/mol. The number of benzene rings is 2. The Labute approximate surface area is 172 Å². The first-order chi connectivity index (χ1) is 14.6. The van der Waals surface area contributed by atoms with Crippen molar-refractivity contribution in [1.82, 2.24) is 9.38 Å². The van der Waals surface area contributed by atoms with Crippen LogP contribution >= 0.6 is 0 Å². The van der Waals surface area contributed by atoms with Crippen LogP contribution in [0.2, 0.25) is 0 Å². The number of carbonyl (C=O) groups is 2. The zero-order valence-corrected chi connectivity index (χ0v) is 16.0. The van der Waals surface area contributed by atoms with Crippen molar-refractivity contribution in [3.05, 3.63) is 78.1 Å². The van der Waals surface area contributed by atoms with Crippen LogP contribution in [0.25, 0.3) is 28.0 Å². The van der Waals surface area contributed by atoms with Gasteiger partial charge in [0, 0.05) is 11.8 Å². The molecule has 0 atom stereocenters. The molecule has 146 valence electrons. The van der Waals surface area contributed by atoms with Gasteiger partial charge in [-0.1, -0.05) is 18.2 Å². The second-order valence-corrected chi connectivity index (χ2v) is 6.49. The Balaban J connectivity index is 1.80. The molecule has 1 N–H and O–H groups in total. The van der Waals surface area contributed by atoms with Crippen LogP contribution in [0, 0.1) is 11.3 Å². The molecule has 0 unspecified atom stereocenters. The van der Waals surface area contributed by atoms with E-state index in [-0.39, 0.29) is 5.56 Å². The molecule has 4 aromatic rings. The van der Waals surface area contributed by atoms with Gasteiger partial charge in [0.1, 0.15) is 5.65 Å². The van der Waals surface area contributed by atoms with Crippen LogP contribution in [0.5, 0.6) is 0 Å². The molecule has 7 nitrogen and oxygen atoms in total.